The molecule has 5 heteroatoms. The number of primary amides is 1. The van der Waals surface area contributed by atoms with Gasteiger partial charge in [-0.15, -0.1) is 0 Å². The number of carbonyl (C=O) groups is 1. The summed E-state index contributed by atoms with van der Waals surface area (Å²) in [6.45, 7) is 0.414. The average Bonchev–Trinajstić information content (AvgIpc) is 2.45. The van der Waals surface area contributed by atoms with Crippen LogP contribution in [0.15, 0.2) is 42.5 Å². The van der Waals surface area contributed by atoms with Crippen LogP contribution in [0.1, 0.15) is 21.5 Å². The van der Waals surface area contributed by atoms with Crippen LogP contribution in [0.2, 0.25) is 0 Å². The Bertz CT molecular complexity index is 675. The average molecular weight is 269 g/mol. The van der Waals surface area contributed by atoms with Crippen LogP contribution in [0, 0.1) is 17.1 Å². The second-order valence-corrected chi connectivity index (χ2v) is 4.19. The molecule has 3 N–H and O–H groups in total. The molecule has 20 heavy (non-hydrogen) atoms. The number of rotatable bonds is 4. The Hall–Kier alpha value is -2.87. The number of nitrogens with zero attached hydrogens (tertiary/aromatic N) is 1. The minimum atomic E-state index is -0.554. The van der Waals surface area contributed by atoms with Crippen molar-refractivity contribution in [3.05, 3.63) is 65.0 Å². The second kappa shape index (κ2) is 5.85. The molecule has 0 atom stereocenters. The highest BCUT2D eigenvalue weighted by Crippen LogP contribution is 2.18. The summed E-state index contributed by atoms with van der Waals surface area (Å²) in [5.41, 5.74) is 6.89. The predicted molar refractivity (Wildman–Crippen MR) is 73.4 cm³/mol. The Labute approximate surface area is 115 Å². The number of amides is 1. The summed E-state index contributed by atoms with van der Waals surface area (Å²) in [4.78, 5) is 10.9. The van der Waals surface area contributed by atoms with E-state index in [0.29, 0.717) is 17.8 Å². The number of hydrogen-bond donors (Lipinski definition) is 2. The van der Waals surface area contributed by atoms with Gasteiger partial charge in [-0.1, -0.05) is 18.2 Å². The maximum Gasteiger partial charge on any atom is 0.248 e. The zero-order valence-corrected chi connectivity index (χ0v) is 10.6. The molecule has 4 nitrogen and oxygen atoms in total. The van der Waals surface area contributed by atoms with E-state index in [1.165, 1.54) is 12.1 Å². The molecule has 2 rings (SSSR count). The van der Waals surface area contributed by atoms with E-state index >= 15 is 0 Å². The van der Waals surface area contributed by atoms with Gasteiger partial charge in [0.25, 0.3) is 0 Å². The molecule has 1 amide bonds. The van der Waals surface area contributed by atoms with E-state index < -0.39 is 11.7 Å². The molecule has 100 valence electrons. The van der Waals surface area contributed by atoms with Gasteiger partial charge in [-0.2, -0.15) is 5.26 Å². The zero-order chi connectivity index (χ0) is 14.5. The molecule has 0 saturated carbocycles. The van der Waals surface area contributed by atoms with Crippen molar-refractivity contribution < 1.29 is 9.18 Å². The van der Waals surface area contributed by atoms with Gasteiger partial charge in [-0.05, 0) is 29.8 Å². The summed E-state index contributed by atoms with van der Waals surface area (Å²) in [5.74, 6) is -1.04. The molecule has 0 aliphatic heterocycles. The number of benzene rings is 2. The van der Waals surface area contributed by atoms with Gasteiger partial charge in [-0.3, -0.25) is 4.79 Å². The Morgan fingerprint density at radius 1 is 1.25 bits per heavy atom. The third-order valence-corrected chi connectivity index (χ3v) is 2.85. The third kappa shape index (κ3) is 2.93. The summed E-state index contributed by atoms with van der Waals surface area (Å²) < 4.78 is 13.4. The van der Waals surface area contributed by atoms with Gasteiger partial charge >= 0.3 is 0 Å². The molecular weight excluding hydrogens is 257 g/mol. The zero-order valence-electron chi connectivity index (χ0n) is 10.6. The normalized spacial score (nSPS) is 9.80. The highest BCUT2D eigenvalue weighted by molar-refractivity contribution is 5.92. The van der Waals surface area contributed by atoms with Crippen molar-refractivity contribution in [2.75, 3.05) is 5.32 Å². The lowest BCUT2D eigenvalue weighted by atomic mass is 10.1. The maximum atomic E-state index is 13.4. The molecular formula is C15H12FN3O. The standard InChI is InChI=1S/C15H12FN3O/c16-13-2-1-3-14(12(13)8-17)19-9-10-4-6-11(7-5-10)15(18)20/h1-7,19H,9H2,(H2,18,20). The third-order valence-electron chi connectivity index (χ3n) is 2.85. The molecule has 0 spiro atoms. The highest BCUT2D eigenvalue weighted by Gasteiger charge is 2.07. The van der Waals surface area contributed by atoms with Crippen molar-refractivity contribution in [2.45, 2.75) is 6.54 Å². The van der Waals surface area contributed by atoms with E-state index in [0.717, 1.165) is 5.56 Å². The fourth-order valence-electron chi connectivity index (χ4n) is 1.77. The predicted octanol–water partition coefficient (Wildman–Crippen LogP) is 2.41. The van der Waals surface area contributed by atoms with Crippen LogP contribution < -0.4 is 11.1 Å². The van der Waals surface area contributed by atoms with Crippen molar-refractivity contribution in [3.8, 4) is 6.07 Å². The first kappa shape index (κ1) is 13.6. The molecule has 0 aliphatic rings. The SMILES string of the molecule is N#Cc1c(F)cccc1NCc1ccc(C(N)=O)cc1. The van der Waals surface area contributed by atoms with Crippen LogP contribution in [0.4, 0.5) is 10.1 Å². The van der Waals surface area contributed by atoms with Crippen LogP contribution in [0.5, 0.6) is 0 Å². The quantitative estimate of drug-likeness (QED) is 0.894. The molecule has 0 heterocycles. The van der Waals surface area contributed by atoms with Crippen LogP contribution in [0.25, 0.3) is 0 Å². The summed E-state index contributed by atoms with van der Waals surface area (Å²) in [6, 6.07) is 13.0. The van der Waals surface area contributed by atoms with Crippen molar-refractivity contribution in [1.82, 2.24) is 0 Å². The van der Waals surface area contributed by atoms with Crippen molar-refractivity contribution >= 4 is 11.6 Å². The molecule has 0 radical (unpaired) electrons. The monoisotopic (exact) mass is 269 g/mol. The fraction of sp³-hybridized carbons (Fsp3) is 0.0667. The van der Waals surface area contributed by atoms with E-state index in [-0.39, 0.29) is 5.56 Å². The number of nitrogens with two attached hydrogens (primary N) is 1. The molecule has 0 aliphatic carbocycles. The van der Waals surface area contributed by atoms with Crippen molar-refractivity contribution in [2.24, 2.45) is 5.73 Å². The largest absolute Gasteiger partial charge is 0.380 e. The number of carbonyl (C=O) groups excluding carboxylic acids is 1. The van der Waals surface area contributed by atoms with Crippen LogP contribution in [-0.4, -0.2) is 5.91 Å². The second-order valence-electron chi connectivity index (χ2n) is 4.19. The molecule has 0 unspecified atom stereocenters. The van der Waals surface area contributed by atoms with E-state index in [4.69, 9.17) is 11.0 Å². The Kier molecular flexibility index (Phi) is 3.96. The molecule has 2 aromatic carbocycles. The van der Waals surface area contributed by atoms with Gasteiger partial charge in [0.2, 0.25) is 5.91 Å². The van der Waals surface area contributed by atoms with E-state index in [9.17, 15) is 9.18 Å². The molecule has 0 bridgehead atoms. The van der Waals surface area contributed by atoms with E-state index in [1.54, 1.807) is 30.3 Å². The van der Waals surface area contributed by atoms with Gasteiger partial charge in [0.15, 0.2) is 0 Å². The number of hydrogen-bond acceptors (Lipinski definition) is 3. The van der Waals surface area contributed by atoms with Gasteiger partial charge in [-0.25, -0.2) is 4.39 Å². The first-order valence-electron chi connectivity index (χ1n) is 5.93. The lowest BCUT2D eigenvalue weighted by Gasteiger charge is -2.09. The van der Waals surface area contributed by atoms with Crippen molar-refractivity contribution in [3.63, 3.8) is 0 Å². The van der Waals surface area contributed by atoms with Gasteiger partial charge in [0.05, 0.1) is 5.69 Å². The summed E-state index contributed by atoms with van der Waals surface area (Å²) in [5, 5.41) is 11.9. The summed E-state index contributed by atoms with van der Waals surface area (Å²) in [7, 11) is 0. The van der Waals surface area contributed by atoms with Crippen LogP contribution >= 0.6 is 0 Å². The molecule has 0 aromatic heterocycles. The molecule has 0 fully saturated rings. The lowest BCUT2D eigenvalue weighted by Crippen LogP contribution is -2.11. The Morgan fingerprint density at radius 3 is 2.55 bits per heavy atom. The Morgan fingerprint density at radius 2 is 1.95 bits per heavy atom. The highest BCUT2D eigenvalue weighted by atomic mass is 19.1. The molecule has 2 aromatic rings. The Balaban J connectivity index is 2.11. The first-order chi connectivity index (χ1) is 9.61. The number of nitriles is 1. The van der Waals surface area contributed by atoms with Crippen LogP contribution in [-0.2, 0) is 6.54 Å². The summed E-state index contributed by atoms with van der Waals surface area (Å²) >= 11 is 0. The van der Waals surface area contributed by atoms with E-state index in [2.05, 4.69) is 5.32 Å². The minimum Gasteiger partial charge on any atom is -0.380 e. The fourth-order valence-corrected chi connectivity index (χ4v) is 1.77. The smallest absolute Gasteiger partial charge is 0.248 e. The number of anilines is 1. The first-order valence-corrected chi connectivity index (χ1v) is 5.93. The summed E-state index contributed by atoms with van der Waals surface area (Å²) in [6.07, 6.45) is 0. The number of halogens is 1. The van der Waals surface area contributed by atoms with Gasteiger partial charge < -0.3 is 11.1 Å². The van der Waals surface area contributed by atoms with Crippen molar-refractivity contribution in [1.29, 1.82) is 5.26 Å². The van der Waals surface area contributed by atoms with Gasteiger partial charge in [0, 0.05) is 12.1 Å². The van der Waals surface area contributed by atoms with Gasteiger partial charge in [0.1, 0.15) is 17.4 Å². The van der Waals surface area contributed by atoms with E-state index in [1.807, 2.05) is 6.07 Å². The molecule has 0 saturated heterocycles. The maximum absolute atomic E-state index is 13.4. The lowest BCUT2D eigenvalue weighted by molar-refractivity contribution is 0.100. The topological polar surface area (TPSA) is 78.9 Å². The number of nitrogens with one attached hydrogen (secondary N) is 1. The minimum absolute atomic E-state index is 0.0127. The van der Waals surface area contributed by atoms with Crippen LogP contribution in [0.3, 0.4) is 0 Å².